The minimum absolute atomic E-state index is 0.0989. The summed E-state index contributed by atoms with van der Waals surface area (Å²) < 4.78 is 0. The highest BCUT2D eigenvalue weighted by atomic mass is 16.2. The zero-order chi connectivity index (χ0) is 13.3. The first kappa shape index (κ1) is 16.0. The van der Waals surface area contributed by atoms with Gasteiger partial charge in [0.2, 0.25) is 5.91 Å². The molecule has 1 amide bonds. The maximum Gasteiger partial charge on any atom is 0.220 e. The molecule has 0 aromatic rings. The predicted octanol–water partition coefficient (Wildman–Crippen LogP) is 3.94. The van der Waals surface area contributed by atoms with Crippen molar-refractivity contribution in [2.75, 3.05) is 6.54 Å². The van der Waals surface area contributed by atoms with E-state index in [4.69, 9.17) is 0 Å². The maximum atomic E-state index is 11.5. The van der Waals surface area contributed by atoms with Crippen LogP contribution in [0.15, 0.2) is 24.3 Å². The molecule has 17 heavy (non-hydrogen) atoms. The second-order valence-corrected chi connectivity index (χ2v) is 5.23. The van der Waals surface area contributed by atoms with Gasteiger partial charge < -0.3 is 4.90 Å². The first-order valence-electron chi connectivity index (χ1n) is 6.47. The van der Waals surface area contributed by atoms with Crippen LogP contribution >= 0.6 is 0 Å². The Labute approximate surface area is 106 Å². The van der Waals surface area contributed by atoms with Gasteiger partial charge in [0.25, 0.3) is 0 Å². The van der Waals surface area contributed by atoms with Crippen LogP contribution < -0.4 is 0 Å². The number of unbranched alkanes of at least 4 members (excludes halogenated alkanes) is 1. The van der Waals surface area contributed by atoms with Gasteiger partial charge in [0.15, 0.2) is 0 Å². The molecule has 0 saturated heterocycles. The highest BCUT2D eigenvalue weighted by molar-refractivity contribution is 5.74. The molecule has 0 aliphatic rings. The van der Waals surface area contributed by atoms with Gasteiger partial charge >= 0.3 is 0 Å². The Morgan fingerprint density at radius 3 is 2.00 bits per heavy atom. The van der Waals surface area contributed by atoms with Crippen LogP contribution in [0.4, 0.5) is 0 Å². The number of nitrogens with zero attached hydrogens (tertiary/aromatic N) is 1. The van der Waals surface area contributed by atoms with Gasteiger partial charge in [0.05, 0.1) is 0 Å². The standard InChI is InChI=1S/C15H27NO/c1-6-7-8-9-10-11-12-13-16(14(2)17)15(3,4)5/h7-8,11-12H,6,9-10,13H2,1-5H3/b8-7-,12-11+. The highest BCUT2D eigenvalue weighted by Gasteiger charge is 2.21. The van der Waals surface area contributed by atoms with E-state index in [9.17, 15) is 4.79 Å². The zero-order valence-corrected chi connectivity index (χ0v) is 12.0. The van der Waals surface area contributed by atoms with Crippen molar-refractivity contribution in [3.8, 4) is 0 Å². The minimum atomic E-state index is -0.0989. The van der Waals surface area contributed by atoms with Gasteiger partial charge in [-0.1, -0.05) is 31.2 Å². The van der Waals surface area contributed by atoms with E-state index in [0.29, 0.717) is 6.54 Å². The normalized spacial score (nSPS) is 12.5. The number of rotatable bonds is 6. The van der Waals surface area contributed by atoms with Crippen molar-refractivity contribution in [2.24, 2.45) is 0 Å². The van der Waals surface area contributed by atoms with Crippen molar-refractivity contribution >= 4 is 5.91 Å². The Balaban J connectivity index is 4.02. The summed E-state index contributed by atoms with van der Waals surface area (Å²) in [5.41, 5.74) is -0.0989. The van der Waals surface area contributed by atoms with E-state index in [0.717, 1.165) is 19.3 Å². The number of amides is 1. The summed E-state index contributed by atoms with van der Waals surface area (Å²) in [6.07, 6.45) is 11.9. The second kappa shape index (κ2) is 8.10. The average molecular weight is 237 g/mol. The van der Waals surface area contributed by atoms with Crippen molar-refractivity contribution in [2.45, 2.75) is 59.4 Å². The van der Waals surface area contributed by atoms with E-state index in [1.54, 1.807) is 6.92 Å². The molecule has 0 radical (unpaired) electrons. The Kier molecular flexibility index (Phi) is 7.60. The van der Waals surface area contributed by atoms with Gasteiger partial charge in [-0.2, -0.15) is 0 Å². The largest absolute Gasteiger partial charge is 0.334 e. The first-order valence-corrected chi connectivity index (χ1v) is 6.47. The molecule has 0 fully saturated rings. The van der Waals surface area contributed by atoms with Crippen LogP contribution in [0, 0.1) is 0 Å². The molecule has 0 spiro atoms. The minimum Gasteiger partial charge on any atom is -0.334 e. The number of hydrogen-bond donors (Lipinski definition) is 0. The first-order chi connectivity index (χ1) is 7.89. The molecular formula is C15H27NO. The maximum absolute atomic E-state index is 11.5. The molecule has 98 valence electrons. The van der Waals surface area contributed by atoms with Crippen LogP contribution in [0.5, 0.6) is 0 Å². The SMILES string of the molecule is CC/C=C\CC/C=C/CN(C(C)=O)C(C)(C)C. The fourth-order valence-corrected chi connectivity index (χ4v) is 1.65. The molecule has 2 nitrogen and oxygen atoms in total. The van der Waals surface area contributed by atoms with Gasteiger partial charge in [-0.25, -0.2) is 0 Å². The van der Waals surface area contributed by atoms with Crippen molar-refractivity contribution in [3.63, 3.8) is 0 Å². The topological polar surface area (TPSA) is 20.3 Å². The van der Waals surface area contributed by atoms with Crippen molar-refractivity contribution in [3.05, 3.63) is 24.3 Å². The lowest BCUT2D eigenvalue weighted by molar-refractivity contribution is -0.132. The van der Waals surface area contributed by atoms with Crippen molar-refractivity contribution in [1.29, 1.82) is 0 Å². The van der Waals surface area contributed by atoms with E-state index < -0.39 is 0 Å². The van der Waals surface area contributed by atoms with Crippen LogP contribution in [-0.2, 0) is 4.79 Å². The molecule has 0 N–H and O–H groups in total. The quantitative estimate of drug-likeness (QED) is 0.506. The third-order valence-corrected chi connectivity index (χ3v) is 2.55. The molecule has 2 heteroatoms. The summed E-state index contributed by atoms with van der Waals surface area (Å²) in [6.45, 7) is 10.7. The molecule has 0 atom stereocenters. The molecular weight excluding hydrogens is 210 g/mol. The summed E-state index contributed by atoms with van der Waals surface area (Å²) in [6, 6.07) is 0. The third kappa shape index (κ3) is 7.78. The molecule has 0 unspecified atom stereocenters. The number of allylic oxidation sites excluding steroid dienone is 3. The van der Waals surface area contributed by atoms with Crippen molar-refractivity contribution < 1.29 is 4.79 Å². The van der Waals surface area contributed by atoms with Gasteiger partial charge in [-0.05, 0) is 40.0 Å². The summed E-state index contributed by atoms with van der Waals surface area (Å²) >= 11 is 0. The molecule has 0 aromatic heterocycles. The molecule has 0 aliphatic carbocycles. The summed E-state index contributed by atoms with van der Waals surface area (Å²) in [5.74, 6) is 0.132. The van der Waals surface area contributed by atoms with Crippen molar-refractivity contribution in [1.82, 2.24) is 4.90 Å². The number of carbonyl (C=O) groups excluding carboxylic acids is 1. The van der Waals surface area contributed by atoms with Crippen LogP contribution in [-0.4, -0.2) is 22.9 Å². The molecule has 0 rings (SSSR count). The molecule has 0 heterocycles. The van der Waals surface area contributed by atoms with E-state index in [1.165, 1.54) is 0 Å². The van der Waals surface area contributed by atoms with Crippen LogP contribution in [0.3, 0.4) is 0 Å². The molecule has 0 saturated carbocycles. The third-order valence-electron chi connectivity index (χ3n) is 2.55. The van der Waals surface area contributed by atoms with Gasteiger partial charge in [0.1, 0.15) is 0 Å². The molecule has 0 aliphatic heterocycles. The molecule has 0 aromatic carbocycles. The smallest absolute Gasteiger partial charge is 0.220 e. The fourth-order valence-electron chi connectivity index (χ4n) is 1.65. The van der Waals surface area contributed by atoms with E-state index in [1.807, 2.05) is 4.90 Å². The predicted molar refractivity (Wildman–Crippen MR) is 74.9 cm³/mol. The number of carbonyl (C=O) groups is 1. The number of hydrogen-bond acceptors (Lipinski definition) is 1. The molecule has 0 bridgehead atoms. The fraction of sp³-hybridized carbons (Fsp3) is 0.667. The second-order valence-electron chi connectivity index (χ2n) is 5.23. The zero-order valence-electron chi connectivity index (χ0n) is 12.0. The lowest BCUT2D eigenvalue weighted by Gasteiger charge is -2.34. The lowest BCUT2D eigenvalue weighted by atomic mass is 10.1. The monoisotopic (exact) mass is 237 g/mol. The van der Waals surface area contributed by atoms with Crippen LogP contribution in [0.2, 0.25) is 0 Å². The highest BCUT2D eigenvalue weighted by Crippen LogP contribution is 2.13. The Hall–Kier alpha value is -1.05. The van der Waals surface area contributed by atoms with E-state index >= 15 is 0 Å². The Bertz CT molecular complexity index is 271. The van der Waals surface area contributed by atoms with Gasteiger partial charge in [-0.15, -0.1) is 0 Å². The average Bonchev–Trinajstić information content (AvgIpc) is 2.19. The van der Waals surface area contributed by atoms with E-state index in [-0.39, 0.29) is 11.4 Å². The van der Waals surface area contributed by atoms with Gasteiger partial charge in [-0.3, -0.25) is 4.79 Å². The van der Waals surface area contributed by atoms with E-state index in [2.05, 4.69) is 52.0 Å². The van der Waals surface area contributed by atoms with Crippen LogP contribution in [0.1, 0.15) is 53.9 Å². The summed E-state index contributed by atoms with van der Waals surface area (Å²) in [4.78, 5) is 13.4. The Morgan fingerprint density at radius 1 is 1.06 bits per heavy atom. The van der Waals surface area contributed by atoms with Gasteiger partial charge in [0, 0.05) is 19.0 Å². The summed E-state index contributed by atoms with van der Waals surface area (Å²) in [7, 11) is 0. The summed E-state index contributed by atoms with van der Waals surface area (Å²) in [5, 5.41) is 0. The lowest BCUT2D eigenvalue weighted by Crippen LogP contribution is -2.44. The Morgan fingerprint density at radius 2 is 1.59 bits per heavy atom. The van der Waals surface area contributed by atoms with Crippen LogP contribution in [0.25, 0.3) is 0 Å².